The molecule has 5 rings (SSSR count). The third-order valence-corrected chi connectivity index (χ3v) is 8.00. The van der Waals surface area contributed by atoms with Gasteiger partial charge < -0.3 is 4.90 Å². The average molecular weight is 447 g/mol. The summed E-state index contributed by atoms with van der Waals surface area (Å²) in [5, 5.41) is 3.71. The third-order valence-electron chi connectivity index (χ3n) is 5.65. The van der Waals surface area contributed by atoms with Gasteiger partial charge in [-0.25, -0.2) is 0 Å². The zero-order valence-electron chi connectivity index (χ0n) is 17.8. The Hall–Kier alpha value is -2.96. The summed E-state index contributed by atoms with van der Waals surface area (Å²) in [6, 6.07) is 12.9. The van der Waals surface area contributed by atoms with Crippen LogP contribution in [0.2, 0.25) is 0 Å². The highest BCUT2D eigenvalue weighted by Crippen LogP contribution is 2.29. The summed E-state index contributed by atoms with van der Waals surface area (Å²) in [4.78, 5) is 15.1. The SMILES string of the molecule is CCn1c(=O)c(=C2C=CN(C)C=C2)s/c1=C\c1sc2c3ccccc3ccc2[n+]1CC. The lowest BCUT2D eigenvalue weighted by molar-refractivity contribution is -0.665. The molecule has 0 amide bonds. The van der Waals surface area contributed by atoms with E-state index in [0.29, 0.717) is 6.54 Å². The van der Waals surface area contributed by atoms with E-state index in [4.69, 9.17) is 0 Å². The van der Waals surface area contributed by atoms with Crippen LogP contribution in [0.15, 0.2) is 65.7 Å². The summed E-state index contributed by atoms with van der Waals surface area (Å²) < 4.78 is 7.31. The number of rotatable bonds is 3. The number of nitrogens with zero attached hydrogens (tertiary/aromatic N) is 3. The topological polar surface area (TPSA) is 29.1 Å². The van der Waals surface area contributed by atoms with E-state index in [2.05, 4.69) is 54.0 Å². The highest BCUT2D eigenvalue weighted by atomic mass is 32.1. The minimum absolute atomic E-state index is 0.0854. The molecule has 4 nitrogen and oxygen atoms in total. The fourth-order valence-corrected chi connectivity index (χ4v) is 6.56. The normalized spacial score (nSPS) is 14.5. The maximum Gasteiger partial charge on any atom is 0.269 e. The van der Waals surface area contributed by atoms with Crippen molar-refractivity contribution in [1.82, 2.24) is 9.47 Å². The van der Waals surface area contributed by atoms with Crippen molar-refractivity contribution in [1.29, 1.82) is 0 Å². The monoisotopic (exact) mass is 446 g/mol. The molecule has 0 N–H and O–H groups in total. The van der Waals surface area contributed by atoms with Crippen LogP contribution in [0.5, 0.6) is 0 Å². The predicted molar refractivity (Wildman–Crippen MR) is 132 cm³/mol. The number of thiazole rings is 2. The lowest BCUT2D eigenvalue weighted by Gasteiger charge is -2.10. The first-order valence-electron chi connectivity index (χ1n) is 10.5. The van der Waals surface area contributed by atoms with Crippen molar-refractivity contribution in [2.75, 3.05) is 7.05 Å². The molecular formula is C25H24N3OS2+. The molecule has 0 unspecified atom stereocenters. The Bertz CT molecular complexity index is 1530. The molecular weight excluding hydrogens is 422 g/mol. The van der Waals surface area contributed by atoms with Crippen LogP contribution >= 0.6 is 22.7 Å². The summed E-state index contributed by atoms with van der Waals surface area (Å²) >= 11 is 3.38. The number of hydrogen-bond acceptors (Lipinski definition) is 4. The largest absolute Gasteiger partial charge is 0.357 e. The zero-order chi connectivity index (χ0) is 21.5. The van der Waals surface area contributed by atoms with Gasteiger partial charge in [0.05, 0.1) is 6.08 Å². The molecule has 4 aromatic rings. The van der Waals surface area contributed by atoms with Gasteiger partial charge >= 0.3 is 0 Å². The average Bonchev–Trinajstić information content (AvgIpc) is 3.31. The Kier molecular flexibility index (Phi) is 5.12. The highest BCUT2D eigenvalue weighted by Gasteiger charge is 2.20. The van der Waals surface area contributed by atoms with Gasteiger partial charge in [0.25, 0.3) is 10.6 Å². The van der Waals surface area contributed by atoms with Gasteiger partial charge in [0.2, 0.25) is 5.52 Å². The van der Waals surface area contributed by atoms with E-state index in [1.807, 2.05) is 48.0 Å². The van der Waals surface area contributed by atoms with Crippen molar-refractivity contribution in [3.05, 3.63) is 85.5 Å². The number of aryl methyl sites for hydroxylation is 1. The second kappa shape index (κ2) is 7.94. The molecule has 0 fully saturated rings. The summed E-state index contributed by atoms with van der Waals surface area (Å²) in [6.07, 6.45) is 10.2. The van der Waals surface area contributed by atoms with Crippen LogP contribution in [0.1, 0.15) is 18.9 Å². The van der Waals surface area contributed by atoms with Crippen molar-refractivity contribution in [3.8, 4) is 0 Å². The number of allylic oxidation sites excluding steroid dienone is 2. The first-order chi connectivity index (χ1) is 15.1. The first kappa shape index (κ1) is 20.0. The molecule has 156 valence electrons. The maximum absolute atomic E-state index is 13.1. The van der Waals surface area contributed by atoms with E-state index in [-0.39, 0.29) is 5.56 Å². The van der Waals surface area contributed by atoms with E-state index in [9.17, 15) is 4.79 Å². The van der Waals surface area contributed by atoms with Crippen LogP contribution in [0.4, 0.5) is 0 Å². The first-order valence-corrected chi connectivity index (χ1v) is 12.1. The second-order valence-corrected chi connectivity index (χ2v) is 9.60. The number of fused-ring (bicyclic) bond motifs is 3. The number of hydrogen-bond donors (Lipinski definition) is 0. The van der Waals surface area contributed by atoms with Gasteiger partial charge in [0.15, 0.2) is 0 Å². The third kappa shape index (κ3) is 3.36. The number of benzene rings is 2. The van der Waals surface area contributed by atoms with E-state index in [1.54, 1.807) is 22.7 Å². The van der Waals surface area contributed by atoms with Gasteiger partial charge in [-0.3, -0.25) is 9.36 Å². The molecule has 0 spiro atoms. The van der Waals surface area contributed by atoms with Gasteiger partial charge in [-0.05, 0) is 37.5 Å². The second-order valence-electron chi connectivity index (χ2n) is 7.53. The van der Waals surface area contributed by atoms with Crippen molar-refractivity contribution in [2.24, 2.45) is 0 Å². The van der Waals surface area contributed by atoms with Crippen LogP contribution in [-0.4, -0.2) is 16.5 Å². The fourth-order valence-electron chi connectivity index (χ4n) is 4.04. The molecule has 2 aromatic carbocycles. The summed E-state index contributed by atoms with van der Waals surface area (Å²) in [7, 11) is 1.98. The standard InChI is InChI=1S/C25H24N3OS2/c1-4-27-20-11-10-17-8-6-7-9-19(17)24(20)31-21(27)16-22-28(5-2)25(29)23(30-22)18-12-14-26(3)15-13-18/h6-16H,4-5H2,1-3H3/q+1. The van der Waals surface area contributed by atoms with Gasteiger partial charge in [-0.2, -0.15) is 4.57 Å². The Labute approximate surface area is 188 Å². The molecule has 2 aromatic heterocycles. The smallest absolute Gasteiger partial charge is 0.269 e. The van der Waals surface area contributed by atoms with Crippen molar-refractivity contribution < 1.29 is 4.57 Å². The summed E-state index contributed by atoms with van der Waals surface area (Å²) in [6.45, 7) is 5.75. The minimum Gasteiger partial charge on any atom is -0.357 e. The van der Waals surface area contributed by atoms with Crippen LogP contribution < -0.4 is 19.3 Å². The predicted octanol–water partition coefficient (Wildman–Crippen LogP) is 3.56. The lowest BCUT2D eigenvalue weighted by atomic mass is 10.1. The molecule has 0 atom stereocenters. The molecule has 3 heterocycles. The van der Waals surface area contributed by atoms with Crippen molar-refractivity contribution in [2.45, 2.75) is 26.9 Å². The Morgan fingerprint density at radius 1 is 1.03 bits per heavy atom. The van der Waals surface area contributed by atoms with Gasteiger partial charge in [0, 0.05) is 43.0 Å². The van der Waals surface area contributed by atoms with Crippen molar-refractivity contribution in [3.63, 3.8) is 0 Å². The van der Waals surface area contributed by atoms with E-state index in [1.165, 1.54) is 26.0 Å². The summed E-state index contributed by atoms with van der Waals surface area (Å²) in [5.41, 5.74) is 2.30. The maximum atomic E-state index is 13.1. The van der Waals surface area contributed by atoms with Crippen LogP contribution in [0, 0.1) is 0 Å². The molecule has 0 bridgehead atoms. The quantitative estimate of drug-likeness (QED) is 0.451. The van der Waals surface area contributed by atoms with Crippen molar-refractivity contribution >= 4 is 55.3 Å². The molecule has 0 saturated heterocycles. The van der Waals surface area contributed by atoms with Gasteiger partial charge in [0.1, 0.15) is 20.4 Å². The molecule has 0 radical (unpaired) electrons. The van der Waals surface area contributed by atoms with Crippen LogP contribution in [0.3, 0.4) is 0 Å². The molecule has 6 heteroatoms. The molecule has 1 aliphatic rings. The van der Waals surface area contributed by atoms with Crippen LogP contribution in [-0.2, 0) is 13.1 Å². The lowest BCUT2D eigenvalue weighted by Crippen LogP contribution is -2.35. The van der Waals surface area contributed by atoms with E-state index < -0.39 is 0 Å². The Morgan fingerprint density at radius 2 is 1.81 bits per heavy atom. The fraction of sp³-hybridized carbons (Fsp3) is 0.200. The highest BCUT2D eigenvalue weighted by molar-refractivity contribution is 7.20. The zero-order valence-corrected chi connectivity index (χ0v) is 19.5. The molecule has 0 saturated carbocycles. The van der Waals surface area contributed by atoms with Gasteiger partial charge in [-0.1, -0.05) is 35.6 Å². The Balaban J connectivity index is 1.78. The van der Waals surface area contributed by atoms with E-state index in [0.717, 1.165) is 21.3 Å². The van der Waals surface area contributed by atoms with Gasteiger partial charge in [-0.15, -0.1) is 11.3 Å². The molecule has 0 aliphatic carbocycles. The number of aromatic nitrogens is 2. The molecule has 31 heavy (non-hydrogen) atoms. The molecule has 1 aliphatic heterocycles. The van der Waals surface area contributed by atoms with Crippen LogP contribution in [0.25, 0.3) is 32.6 Å². The van der Waals surface area contributed by atoms with E-state index >= 15 is 0 Å². The minimum atomic E-state index is 0.0854. The summed E-state index contributed by atoms with van der Waals surface area (Å²) in [5.74, 6) is 0. The Morgan fingerprint density at radius 3 is 2.55 bits per heavy atom.